The van der Waals surface area contributed by atoms with E-state index in [0.29, 0.717) is 11.0 Å². The van der Waals surface area contributed by atoms with E-state index in [1.165, 1.54) is 17.7 Å². The molecule has 0 spiro atoms. The number of aromatic amines is 2. The largest absolute Gasteiger partial charge is 0.323 e. The number of benzene rings is 2. The lowest BCUT2D eigenvalue weighted by Gasteiger charge is -2.11. The lowest BCUT2D eigenvalue weighted by atomic mass is 10.0. The second-order valence-corrected chi connectivity index (χ2v) is 7.74. The molecule has 3 aromatic rings. The van der Waals surface area contributed by atoms with E-state index < -0.39 is 10.0 Å². The Labute approximate surface area is 140 Å². The van der Waals surface area contributed by atoms with Crippen LogP contribution in [0.5, 0.6) is 0 Å². The molecular weight excluding hydrogens is 326 g/mol. The summed E-state index contributed by atoms with van der Waals surface area (Å²) in [6, 6.07) is 8.54. The predicted octanol–water partition coefficient (Wildman–Crippen LogP) is 2.26. The summed E-state index contributed by atoms with van der Waals surface area (Å²) in [5, 5.41) is 0. The Morgan fingerprint density at radius 1 is 0.917 bits per heavy atom. The first kappa shape index (κ1) is 16.5. The third-order valence-corrected chi connectivity index (χ3v) is 5.60. The molecule has 0 unspecified atom stereocenters. The molecule has 0 atom stereocenters. The van der Waals surface area contributed by atoms with Crippen LogP contribution < -0.4 is 10.4 Å². The van der Waals surface area contributed by atoms with Crippen molar-refractivity contribution in [1.29, 1.82) is 0 Å². The Bertz CT molecular complexity index is 1080. The van der Waals surface area contributed by atoms with Crippen molar-refractivity contribution >= 4 is 21.1 Å². The van der Waals surface area contributed by atoms with Gasteiger partial charge in [0.25, 0.3) is 0 Å². The summed E-state index contributed by atoms with van der Waals surface area (Å²) in [4.78, 5) is 16.6. The van der Waals surface area contributed by atoms with E-state index in [1.807, 2.05) is 26.8 Å². The number of imidazole rings is 1. The van der Waals surface area contributed by atoms with Crippen LogP contribution in [-0.4, -0.2) is 18.4 Å². The summed E-state index contributed by atoms with van der Waals surface area (Å²) >= 11 is 0. The number of hydrogen-bond acceptors (Lipinski definition) is 3. The summed E-state index contributed by atoms with van der Waals surface area (Å²) in [5.41, 5.74) is 4.97. The third-order valence-electron chi connectivity index (χ3n) is 4.20. The van der Waals surface area contributed by atoms with Gasteiger partial charge in [-0.25, -0.2) is 17.9 Å². The van der Waals surface area contributed by atoms with E-state index in [1.54, 1.807) is 6.07 Å². The average molecular weight is 345 g/mol. The normalized spacial score (nSPS) is 12.0. The fourth-order valence-electron chi connectivity index (χ4n) is 2.65. The lowest BCUT2D eigenvalue weighted by molar-refractivity contribution is 0.581. The molecule has 0 aliphatic rings. The highest BCUT2D eigenvalue weighted by Gasteiger charge is 2.15. The van der Waals surface area contributed by atoms with Gasteiger partial charge >= 0.3 is 5.69 Å². The number of aryl methyl sites for hydroxylation is 3. The number of H-pyrrole nitrogens is 2. The Kier molecular flexibility index (Phi) is 4.06. The quantitative estimate of drug-likeness (QED) is 0.677. The minimum Gasteiger partial charge on any atom is -0.306 e. The van der Waals surface area contributed by atoms with Crippen LogP contribution in [-0.2, 0) is 16.6 Å². The average Bonchev–Trinajstić information content (AvgIpc) is 2.88. The number of fused-ring (bicyclic) bond motifs is 1. The summed E-state index contributed by atoms with van der Waals surface area (Å²) < 4.78 is 27.6. The number of rotatable bonds is 4. The predicted molar refractivity (Wildman–Crippen MR) is 93.6 cm³/mol. The molecule has 0 aliphatic carbocycles. The van der Waals surface area contributed by atoms with Gasteiger partial charge in [-0.1, -0.05) is 12.1 Å². The summed E-state index contributed by atoms with van der Waals surface area (Å²) in [5.74, 6) is 0. The molecule has 0 radical (unpaired) electrons. The first-order valence-electron chi connectivity index (χ1n) is 7.55. The van der Waals surface area contributed by atoms with Crippen molar-refractivity contribution in [2.75, 3.05) is 0 Å². The minimum absolute atomic E-state index is 0.117. The molecule has 126 valence electrons. The Balaban J connectivity index is 1.87. The maximum atomic E-state index is 12.5. The van der Waals surface area contributed by atoms with Gasteiger partial charge in [0.05, 0.1) is 15.9 Å². The fourth-order valence-corrected chi connectivity index (χ4v) is 3.68. The summed E-state index contributed by atoms with van der Waals surface area (Å²) in [7, 11) is -3.67. The number of hydrogen-bond donors (Lipinski definition) is 3. The number of sulfonamides is 1. The molecule has 0 fully saturated rings. The molecule has 0 bridgehead atoms. The molecule has 0 saturated heterocycles. The fraction of sp³-hybridized carbons (Fsp3) is 0.235. The van der Waals surface area contributed by atoms with Gasteiger partial charge in [-0.2, -0.15) is 0 Å². The molecule has 1 heterocycles. The molecule has 2 aromatic carbocycles. The van der Waals surface area contributed by atoms with E-state index in [2.05, 4.69) is 20.8 Å². The Hall–Kier alpha value is -2.38. The molecule has 3 rings (SSSR count). The molecular formula is C17H19N3O3S. The monoisotopic (exact) mass is 345 g/mol. The number of aromatic nitrogens is 2. The van der Waals surface area contributed by atoms with Gasteiger partial charge < -0.3 is 9.97 Å². The van der Waals surface area contributed by atoms with E-state index in [9.17, 15) is 13.2 Å². The number of nitrogens with one attached hydrogen (secondary N) is 3. The maximum absolute atomic E-state index is 12.5. The van der Waals surface area contributed by atoms with E-state index in [0.717, 1.165) is 16.7 Å². The van der Waals surface area contributed by atoms with Crippen molar-refractivity contribution in [3.8, 4) is 0 Å². The van der Waals surface area contributed by atoms with Crippen molar-refractivity contribution in [1.82, 2.24) is 14.7 Å². The highest BCUT2D eigenvalue weighted by Crippen LogP contribution is 2.18. The SMILES string of the molecule is Cc1cc(C)c(CNS(=O)(=O)c2ccc3[nH]c(=O)[nH]c3c2)cc1C. The van der Waals surface area contributed by atoms with Crippen LogP contribution >= 0.6 is 0 Å². The van der Waals surface area contributed by atoms with Crippen LogP contribution in [0.15, 0.2) is 40.0 Å². The second-order valence-electron chi connectivity index (χ2n) is 5.97. The van der Waals surface area contributed by atoms with Gasteiger partial charge in [-0.05, 0) is 61.2 Å². The molecule has 0 amide bonds. The van der Waals surface area contributed by atoms with Crippen molar-refractivity contribution in [3.63, 3.8) is 0 Å². The van der Waals surface area contributed by atoms with E-state index in [-0.39, 0.29) is 17.1 Å². The van der Waals surface area contributed by atoms with Crippen LogP contribution in [0.2, 0.25) is 0 Å². The zero-order chi connectivity index (χ0) is 17.5. The third kappa shape index (κ3) is 3.13. The van der Waals surface area contributed by atoms with Crippen LogP contribution in [0.25, 0.3) is 11.0 Å². The van der Waals surface area contributed by atoms with Crippen LogP contribution in [0.1, 0.15) is 22.3 Å². The van der Waals surface area contributed by atoms with Crippen molar-refractivity contribution in [3.05, 3.63) is 63.1 Å². The highest BCUT2D eigenvalue weighted by atomic mass is 32.2. The Morgan fingerprint density at radius 3 is 2.33 bits per heavy atom. The summed E-state index contributed by atoms with van der Waals surface area (Å²) in [6.07, 6.45) is 0. The molecule has 7 heteroatoms. The zero-order valence-corrected chi connectivity index (χ0v) is 14.5. The molecule has 0 saturated carbocycles. The molecule has 24 heavy (non-hydrogen) atoms. The van der Waals surface area contributed by atoms with Gasteiger partial charge in [-0.3, -0.25) is 0 Å². The lowest BCUT2D eigenvalue weighted by Crippen LogP contribution is -2.23. The van der Waals surface area contributed by atoms with Crippen molar-refractivity contribution in [2.45, 2.75) is 32.2 Å². The smallest absolute Gasteiger partial charge is 0.306 e. The topological polar surface area (TPSA) is 94.8 Å². The maximum Gasteiger partial charge on any atom is 0.323 e. The van der Waals surface area contributed by atoms with Gasteiger partial charge in [0, 0.05) is 6.54 Å². The molecule has 6 nitrogen and oxygen atoms in total. The van der Waals surface area contributed by atoms with Crippen LogP contribution in [0.4, 0.5) is 0 Å². The van der Waals surface area contributed by atoms with E-state index >= 15 is 0 Å². The van der Waals surface area contributed by atoms with Gasteiger partial charge in [-0.15, -0.1) is 0 Å². The van der Waals surface area contributed by atoms with Crippen LogP contribution in [0, 0.1) is 20.8 Å². The minimum atomic E-state index is -3.67. The van der Waals surface area contributed by atoms with Crippen LogP contribution in [0.3, 0.4) is 0 Å². The summed E-state index contributed by atoms with van der Waals surface area (Å²) in [6.45, 7) is 6.22. The van der Waals surface area contributed by atoms with Crippen molar-refractivity contribution < 1.29 is 8.42 Å². The van der Waals surface area contributed by atoms with Gasteiger partial charge in [0.2, 0.25) is 10.0 Å². The van der Waals surface area contributed by atoms with Gasteiger partial charge in [0.15, 0.2) is 0 Å². The molecule has 0 aliphatic heterocycles. The molecule has 3 N–H and O–H groups in total. The van der Waals surface area contributed by atoms with Gasteiger partial charge in [0.1, 0.15) is 0 Å². The van der Waals surface area contributed by atoms with E-state index in [4.69, 9.17) is 0 Å². The molecule has 1 aromatic heterocycles. The standard InChI is InChI=1S/C17H19N3O3S/c1-10-6-12(3)13(7-11(10)2)9-18-24(22,23)14-4-5-15-16(8-14)20-17(21)19-15/h4-8,18H,9H2,1-3H3,(H2,19,20,21). The first-order valence-corrected chi connectivity index (χ1v) is 9.03. The zero-order valence-electron chi connectivity index (χ0n) is 13.7. The van der Waals surface area contributed by atoms with Crippen molar-refractivity contribution in [2.24, 2.45) is 0 Å². The Morgan fingerprint density at radius 2 is 1.58 bits per heavy atom. The first-order chi connectivity index (χ1) is 11.3. The highest BCUT2D eigenvalue weighted by molar-refractivity contribution is 7.89. The second kappa shape index (κ2) is 5.92.